The molecule has 2 heterocycles. The summed E-state index contributed by atoms with van der Waals surface area (Å²) in [4.78, 5) is 6.69. The molecule has 2 heteroatoms. The van der Waals surface area contributed by atoms with Crippen LogP contribution in [0.15, 0.2) is 24.4 Å². The number of pyridine rings is 1. The summed E-state index contributed by atoms with van der Waals surface area (Å²) in [5, 5.41) is 1.25. The van der Waals surface area contributed by atoms with Crippen molar-refractivity contribution < 1.29 is 0 Å². The van der Waals surface area contributed by atoms with Crippen LogP contribution < -0.4 is 0 Å². The first-order valence-corrected chi connectivity index (χ1v) is 5.99. The van der Waals surface area contributed by atoms with Crippen molar-refractivity contribution in [3.63, 3.8) is 0 Å². The van der Waals surface area contributed by atoms with Crippen molar-refractivity contribution in [3.8, 4) is 0 Å². The van der Waals surface area contributed by atoms with E-state index in [2.05, 4.69) is 24.0 Å². The fraction of sp³-hybridized carbons (Fsp3) is 0.417. The van der Waals surface area contributed by atoms with Crippen molar-refractivity contribution in [1.82, 2.24) is 4.98 Å². The average Bonchev–Trinajstić information content (AvgIpc) is 2.64. The van der Waals surface area contributed by atoms with Crippen molar-refractivity contribution in [3.05, 3.63) is 29.3 Å². The summed E-state index contributed by atoms with van der Waals surface area (Å²) in [5.41, 5.74) is 0. The van der Waals surface area contributed by atoms with Gasteiger partial charge in [0.25, 0.3) is 0 Å². The fourth-order valence-corrected chi connectivity index (χ4v) is 1.85. The molecule has 0 fully saturated rings. The largest absolute Gasteiger partial charge is 0.245 e. The normalized spacial score (nSPS) is 8.36. The zero-order valence-corrected chi connectivity index (χ0v) is 10.5. The first kappa shape index (κ1) is 13.1. The zero-order valence-electron chi connectivity index (χ0n) is 9.66. The molecule has 0 atom stereocenters. The highest BCUT2D eigenvalue weighted by Gasteiger charge is 1.95. The molecule has 2 aromatic rings. The number of aromatic nitrogens is 1. The van der Waals surface area contributed by atoms with Crippen LogP contribution in [0.25, 0.3) is 10.2 Å². The molecule has 0 aromatic carbocycles. The monoisotopic (exact) mass is 209 g/mol. The number of aryl methyl sites for hydroxylation is 1. The molecule has 0 bridgehead atoms. The second kappa shape index (κ2) is 7.51. The van der Waals surface area contributed by atoms with Crippen LogP contribution in [0, 0.1) is 6.92 Å². The van der Waals surface area contributed by atoms with E-state index in [1.165, 1.54) is 10.3 Å². The summed E-state index contributed by atoms with van der Waals surface area (Å²) < 4.78 is 0. The minimum atomic E-state index is 1.14. The number of hydrogen-bond donors (Lipinski definition) is 0. The van der Waals surface area contributed by atoms with Gasteiger partial charge in [0.1, 0.15) is 4.83 Å². The summed E-state index contributed by atoms with van der Waals surface area (Å²) in [5.74, 6) is 0. The van der Waals surface area contributed by atoms with Crippen LogP contribution in [-0.4, -0.2) is 4.98 Å². The second-order valence-corrected chi connectivity index (χ2v) is 3.49. The van der Waals surface area contributed by atoms with Gasteiger partial charge in [0.05, 0.1) is 0 Å². The highest BCUT2D eigenvalue weighted by atomic mass is 32.1. The number of fused-ring (bicyclic) bond motifs is 1. The quantitative estimate of drug-likeness (QED) is 0.615. The Hall–Kier alpha value is -0.890. The van der Waals surface area contributed by atoms with Gasteiger partial charge in [-0.1, -0.05) is 33.8 Å². The summed E-state index contributed by atoms with van der Waals surface area (Å²) >= 11 is 1.74. The summed E-state index contributed by atoms with van der Waals surface area (Å²) in [7, 11) is 0. The molecule has 0 spiro atoms. The molecular weight excluding hydrogens is 190 g/mol. The topological polar surface area (TPSA) is 12.9 Å². The number of rotatable bonds is 0. The van der Waals surface area contributed by atoms with Gasteiger partial charge in [-0.05, 0) is 19.1 Å². The molecule has 1 nitrogen and oxygen atoms in total. The van der Waals surface area contributed by atoms with Gasteiger partial charge in [0.2, 0.25) is 0 Å². The van der Waals surface area contributed by atoms with E-state index in [9.17, 15) is 0 Å². The van der Waals surface area contributed by atoms with Crippen LogP contribution >= 0.6 is 11.3 Å². The van der Waals surface area contributed by atoms with Crippen molar-refractivity contribution in [2.45, 2.75) is 34.6 Å². The summed E-state index contributed by atoms with van der Waals surface area (Å²) in [6.07, 6.45) is 1.83. The average molecular weight is 209 g/mol. The van der Waals surface area contributed by atoms with Crippen molar-refractivity contribution in [2.24, 2.45) is 0 Å². The van der Waals surface area contributed by atoms with Gasteiger partial charge >= 0.3 is 0 Å². The zero-order chi connectivity index (χ0) is 11.0. The van der Waals surface area contributed by atoms with Gasteiger partial charge in [-0.15, -0.1) is 11.3 Å². The van der Waals surface area contributed by atoms with Crippen LogP contribution in [0.2, 0.25) is 0 Å². The van der Waals surface area contributed by atoms with Crippen molar-refractivity contribution in [1.29, 1.82) is 0 Å². The molecule has 0 unspecified atom stereocenters. The third kappa shape index (κ3) is 3.46. The molecule has 0 saturated heterocycles. The first-order valence-electron chi connectivity index (χ1n) is 5.17. The number of nitrogens with zero attached hydrogens (tertiary/aromatic N) is 1. The van der Waals surface area contributed by atoms with Crippen LogP contribution in [0.1, 0.15) is 32.6 Å². The Bertz CT molecular complexity index is 319. The van der Waals surface area contributed by atoms with Crippen LogP contribution in [0.3, 0.4) is 0 Å². The lowest BCUT2D eigenvalue weighted by atomic mass is 10.3. The Morgan fingerprint density at radius 3 is 2.36 bits per heavy atom. The van der Waals surface area contributed by atoms with Crippen molar-refractivity contribution >= 4 is 21.6 Å². The van der Waals surface area contributed by atoms with E-state index in [-0.39, 0.29) is 0 Å². The molecule has 0 radical (unpaired) electrons. The lowest BCUT2D eigenvalue weighted by Gasteiger charge is -1.81. The molecule has 0 aliphatic rings. The van der Waals surface area contributed by atoms with Gasteiger partial charge < -0.3 is 0 Å². The Morgan fingerprint density at radius 2 is 1.79 bits per heavy atom. The van der Waals surface area contributed by atoms with Crippen LogP contribution in [0.4, 0.5) is 0 Å². The molecule has 0 aliphatic carbocycles. The molecule has 14 heavy (non-hydrogen) atoms. The molecule has 0 amide bonds. The lowest BCUT2D eigenvalue weighted by molar-refractivity contribution is 1.45. The van der Waals surface area contributed by atoms with E-state index in [1.807, 2.05) is 40.0 Å². The lowest BCUT2D eigenvalue weighted by Crippen LogP contribution is -1.65. The van der Waals surface area contributed by atoms with Crippen molar-refractivity contribution in [2.75, 3.05) is 0 Å². The van der Waals surface area contributed by atoms with Crippen LogP contribution in [0.5, 0.6) is 0 Å². The van der Waals surface area contributed by atoms with E-state index in [0.29, 0.717) is 0 Å². The molecular formula is C12H19NS. The molecule has 0 saturated carbocycles. The SMILES string of the molecule is CC.CC.Cc1cc2cccnc2s1. The first-order chi connectivity index (χ1) is 6.86. The van der Waals surface area contributed by atoms with E-state index in [1.54, 1.807) is 11.3 Å². The van der Waals surface area contributed by atoms with E-state index in [0.717, 1.165) is 4.83 Å². The van der Waals surface area contributed by atoms with Gasteiger partial charge in [-0.3, -0.25) is 0 Å². The van der Waals surface area contributed by atoms with E-state index in [4.69, 9.17) is 0 Å². The highest BCUT2D eigenvalue weighted by molar-refractivity contribution is 7.18. The molecule has 0 N–H and O–H groups in total. The summed E-state index contributed by atoms with van der Waals surface area (Å²) in [6, 6.07) is 6.22. The maximum Gasteiger partial charge on any atom is 0.123 e. The maximum absolute atomic E-state index is 4.22. The number of hydrogen-bond acceptors (Lipinski definition) is 2. The highest BCUT2D eigenvalue weighted by Crippen LogP contribution is 2.21. The number of thiophene rings is 1. The predicted molar refractivity (Wildman–Crippen MR) is 67.1 cm³/mol. The van der Waals surface area contributed by atoms with E-state index >= 15 is 0 Å². The minimum Gasteiger partial charge on any atom is -0.245 e. The Balaban J connectivity index is 0.000000379. The molecule has 78 valence electrons. The molecule has 2 rings (SSSR count). The fourth-order valence-electron chi connectivity index (χ4n) is 0.999. The second-order valence-electron chi connectivity index (χ2n) is 2.25. The van der Waals surface area contributed by atoms with Gasteiger partial charge in [-0.25, -0.2) is 4.98 Å². The summed E-state index contributed by atoms with van der Waals surface area (Å²) in [6.45, 7) is 10.1. The maximum atomic E-state index is 4.22. The molecule has 2 aromatic heterocycles. The minimum absolute atomic E-state index is 1.14. The van der Waals surface area contributed by atoms with Gasteiger partial charge in [-0.2, -0.15) is 0 Å². The Kier molecular flexibility index (Phi) is 7.03. The smallest absolute Gasteiger partial charge is 0.123 e. The van der Waals surface area contributed by atoms with Gasteiger partial charge in [0.15, 0.2) is 0 Å². The third-order valence-electron chi connectivity index (χ3n) is 1.42. The third-order valence-corrected chi connectivity index (χ3v) is 2.39. The Labute approximate surface area is 90.8 Å². The van der Waals surface area contributed by atoms with E-state index < -0.39 is 0 Å². The standard InChI is InChI=1S/C8H7NS.2C2H6/c1-6-5-7-3-2-4-9-8(7)10-6;2*1-2/h2-5H,1H3;2*1-2H3. The van der Waals surface area contributed by atoms with Crippen LogP contribution in [-0.2, 0) is 0 Å². The molecule has 0 aliphatic heterocycles. The Morgan fingerprint density at radius 1 is 1.14 bits per heavy atom. The predicted octanol–water partition coefficient (Wildman–Crippen LogP) is 4.66. The van der Waals surface area contributed by atoms with Gasteiger partial charge in [0, 0.05) is 16.5 Å².